The predicted octanol–water partition coefficient (Wildman–Crippen LogP) is 4.46. The second-order valence-corrected chi connectivity index (χ2v) is 5.72. The van der Waals surface area contributed by atoms with E-state index in [2.05, 4.69) is 21.2 Å². The van der Waals surface area contributed by atoms with Gasteiger partial charge in [-0.3, -0.25) is 4.79 Å². The highest BCUT2D eigenvalue weighted by atomic mass is 79.9. The molecule has 0 aliphatic heterocycles. The molecule has 0 aliphatic rings. The molecule has 1 amide bonds. The van der Waals surface area contributed by atoms with Crippen LogP contribution in [0, 0.1) is 0 Å². The molecule has 20 heavy (non-hydrogen) atoms. The van der Waals surface area contributed by atoms with Crippen LogP contribution in [0.3, 0.4) is 0 Å². The van der Waals surface area contributed by atoms with Crippen LogP contribution in [0.25, 0.3) is 0 Å². The molecule has 0 unspecified atom stereocenters. The summed E-state index contributed by atoms with van der Waals surface area (Å²) in [6.07, 6.45) is 1.31. The second-order valence-electron chi connectivity index (χ2n) is 4.49. The number of hydrogen-bond acceptors (Lipinski definition) is 1. The number of hydrogen-bond donors (Lipinski definition) is 1. The third-order valence-corrected chi connectivity index (χ3v) is 3.51. The summed E-state index contributed by atoms with van der Waals surface area (Å²) in [7, 11) is 0. The second kappa shape index (κ2) is 7.46. The normalized spacial score (nSPS) is 10.3. The molecule has 0 aliphatic carbocycles. The summed E-state index contributed by atoms with van der Waals surface area (Å²) in [6.45, 7) is 0. The van der Waals surface area contributed by atoms with E-state index in [-0.39, 0.29) is 5.91 Å². The molecule has 0 saturated heterocycles. The summed E-state index contributed by atoms with van der Waals surface area (Å²) in [5.74, 6) is -0.0412. The zero-order chi connectivity index (χ0) is 14.4. The first kappa shape index (κ1) is 15.1. The van der Waals surface area contributed by atoms with Crippen LogP contribution >= 0.6 is 27.5 Å². The maximum Gasteiger partial charge on any atom is 0.228 e. The summed E-state index contributed by atoms with van der Waals surface area (Å²) < 4.78 is 0. The Labute approximate surface area is 132 Å². The lowest BCUT2D eigenvalue weighted by Crippen LogP contribution is -2.14. The average molecular weight is 353 g/mol. The molecule has 0 fully saturated rings. The Morgan fingerprint density at radius 1 is 1.10 bits per heavy atom. The minimum absolute atomic E-state index is 0.0412. The zero-order valence-corrected chi connectivity index (χ0v) is 13.2. The SMILES string of the molecule is O=C(Cc1cccc(Cl)c1)Nc1ccc(CCBr)cc1. The first-order chi connectivity index (χ1) is 9.67. The Hall–Kier alpha value is -1.32. The Kier molecular flexibility index (Phi) is 5.62. The first-order valence-corrected chi connectivity index (χ1v) is 7.86. The minimum atomic E-state index is -0.0412. The van der Waals surface area contributed by atoms with Gasteiger partial charge in [0, 0.05) is 16.0 Å². The molecule has 2 aromatic carbocycles. The fourth-order valence-electron chi connectivity index (χ4n) is 1.90. The molecule has 0 saturated carbocycles. The highest BCUT2D eigenvalue weighted by Gasteiger charge is 2.04. The van der Waals surface area contributed by atoms with Crippen molar-refractivity contribution in [3.05, 3.63) is 64.7 Å². The van der Waals surface area contributed by atoms with Gasteiger partial charge in [0.05, 0.1) is 6.42 Å². The van der Waals surface area contributed by atoms with Gasteiger partial charge in [0.15, 0.2) is 0 Å². The number of benzene rings is 2. The largest absolute Gasteiger partial charge is 0.326 e. The van der Waals surface area contributed by atoms with Gasteiger partial charge in [0.1, 0.15) is 0 Å². The molecule has 0 bridgehead atoms. The minimum Gasteiger partial charge on any atom is -0.326 e. The molecule has 0 radical (unpaired) electrons. The third-order valence-electron chi connectivity index (χ3n) is 2.87. The van der Waals surface area contributed by atoms with Crippen LogP contribution in [0.1, 0.15) is 11.1 Å². The van der Waals surface area contributed by atoms with E-state index in [1.165, 1.54) is 5.56 Å². The van der Waals surface area contributed by atoms with Gasteiger partial charge in [-0.2, -0.15) is 0 Å². The molecule has 104 valence electrons. The third kappa shape index (κ3) is 4.66. The monoisotopic (exact) mass is 351 g/mol. The topological polar surface area (TPSA) is 29.1 Å². The molecule has 0 aromatic heterocycles. The Morgan fingerprint density at radius 2 is 1.85 bits per heavy atom. The van der Waals surface area contributed by atoms with Crippen molar-refractivity contribution >= 4 is 39.1 Å². The van der Waals surface area contributed by atoms with E-state index in [0.717, 1.165) is 23.0 Å². The molecule has 2 nitrogen and oxygen atoms in total. The number of amides is 1. The average Bonchev–Trinajstić information content (AvgIpc) is 2.41. The maximum absolute atomic E-state index is 11.9. The van der Waals surface area contributed by atoms with Crippen molar-refractivity contribution in [3.8, 4) is 0 Å². The zero-order valence-electron chi connectivity index (χ0n) is 10.9. The van der Waals surface area contributed by atoms with E-state index >= 15 is 0 Å². The summed E-state index contributed by atoms with van der Waals surface area (Å²) >= 11 is 9.31. The molecular formula is C16H15BrClNO. The van der Waals surface area contributed by atoms with Crippen molar-refractivity contribution in [1.82, 2.24) is 0 Å². The number of carbonyl (C=O) groups excluding carboxylic acids is 1. The fourth-order valence-corrected chi connectivity index (χ4v) is 2.57. The van der Waals surface area contributed by atoms with Crippen LogP contribution in [0.2, 0.25) is 5.02 Å². The van der Waals surface area contributed by atoms with Crippen LogP contribution in [-0.4, -0.2) is 11.2 Å². The van der Waals surface area contributed by atoms with Crippen LogP contribution in [0.5, 0.6) is 0 Å². The van der Waals surface area contributed by atoms with Gasteiger partial charge in [0.25, 0.3) is 0 Å². The summed E-state index contributed by atoms with van der Waals surface area (Å²) in [5, 5.41) is 4.47. The standard InChI is InChI=1S/C16H15BrClNO/c17-9-8-12-4-6-15(7-5-12)19-16(20)11-13-2-1-3-14(18)10-13/h1-7,10H,8-9,11H2,(H,19,20). The van der Waals surface area contributed by atoms with Crippen molar-refractivity contribution in [1.29, 1.82) is 0 Å². The number of carbonyl (C=O) groups is 1. The summed E-state index contributed by atoms with van der Waals surface area (Å²) in [5.41, 5.74) is 2.97. The van der Waals surface area contributed by atoms with Crippen molar-refractivity contribution in [3.63, 3.8) is 0 Å². The van der Waals surface area contributed by atoms with Gasteiger partial charge in [-0.15, -0.1) is 0 Å². The number of halogens is 2. The van der Waals surface area contributed by atoms with Crippen molar-refractivity contribution < 1.29 is 4.79 Å². The molecule has 2 aromatic rings. The van der Waals surface area contributed by atoms with Gasteiger partial charge >= 0.3 is 0 Å². The van der Waals surface area contributed by atoms with Crippen molar-refractivity contribution in [2.75, 3.05) is 10.6 Å². The molecule has 2 rings (SSSR count). The van der Waals surface area contributed by atoms with Crippen LogP contribution in [0.15, 0.2) is 48.5 Å². The first-order valence-electron chi connectivity index (χ1n) is 6.36. The highest BCUT2D eigenvalue weighted by Crippen LogP contribution is 2.14. The van der Waals surface area contributed by atoms with Crippen molar-refractivity contribution in [2.45, 2.75) is 12.8 Å². The van der Waals surface area contributed by atoms with Gasteiger partial charge in [-0.25, -0.2) is 0 Å². The number of nitrogens with one attached hydrogen (secondary N) is 1. The summed E-state index contributed by atoms with van der Waals surface area (Å²) in [4.78, 5) is 11.9. The lowest BCUT2D eigenvalue weighted by Gasteiger charge is -2.06. The Morgan fingerprint density at radius 3 is 2.50 bits per heavy atom. The van der Waals surface area contributed by atoms with E-state index in [9.17, 15) is 4.79 Å². The molecule has 4 heteroatoms. The lowest BCUT2D eigenvalue weighted by atomic mass is 10.1. The summed E-state index contributed by atoms with van der Waals surface area (Å²) in [6, 6.07) is 15.2. The molecule has 0 atom stereocenters. The molecule has 0 spiro atoms. The number of rotatable bonds is 5. The van der Waals surface area contributed by atoms with E-state index in [0.29, 0.717) is 11.4 Å². The number of alkyl halides is 1. The highest BCUT2D eigenvalue weighted by molar-refractivity contribution is 9.09. The lowest BCUT2D eigenvalue weighted by molar-refractivity contribution is -0.115. The van der Waals surface area contributed by atoms with E-state index in [4.69, 9.17) is 11.6 Å². The van der Waals surface area contributed by atoms with Gasteiger partial charge in [0.2, 0.25) is 5.91 Å². The van der Waals surface area contributed by atoms with E-state index < -0.39 is 0 Å². The number of anilines is 1. The molecule has 1 N–H and O–H groups in total. The fraction of sp³-hybridized carbons (Fsp3) is 0.188. The van der Waals surface area contributed by atoms with E-state index in [1.54, 1.807) is 12.1 Å². The Bertz CT molecular complexity index is 583. The van der Waals surface area contributed by atoms with Gasteiger partial charge in [-0.1, -0.05) is 51.8 Å². The van der Waals surface area contributed by atoms with Crippen molar-refractivity contribution in [2.24, 2.45) is 0 Å². The number of aryl methyl sites for hydroxylation is 1. The van der Waals surface area contributed by atoms with Crippen LogP contribution < -0.4 is 5.32 Å². The molecule has 0 heterocycles. The maximum atomic E-state index is 11.9. The van der Waals surface area contributed by atoms with E-state index in [1.807, 2.05) is 36.4 Å². The Balaban J connectivity index is 1.94. The van der Waals surface area contributed by atoms with Crippen LogP contribution in [0.4, 0.5) is 5.69 Å². The smallest absolute Gasteiger partial charge is 0.228 e. The quantitative estimate of drug-likeness (QED) is 0.791. The van der Waals surface area contributed by atoms with Gasteiger partial charge < -0.3 is 5.32 Å². The predicted molar refractivity (Wildman–Crippen MR) is 87.7 cm³/mol. The van der Waals surface area contributed by atoms with Gasteiger partial charge in [-0.05, 0) is 41.8 Å². The van der Waals surface area contributed by atoms with Crippen LogP contribution in [-0.2, 0) is 17.6 Å². The molecular weight excluding hydrogens is 338 g/mol.